The first-order valence-electron chi connectivity index (χ1n) is 7.28. The number of nitrogens with zero attached hydrogens (tertiary/aromatic N) is 1. The molecule has 0 fully saturated rings. The summed E-state index contributed by atoms with van der Waals surface area (Å²) in [6, 6.07) is 7.33. The van der Waals surface area contributed by atoms with E-state index in [-0.39, 0.29) is 25.2 Å². The van der Waals surface area contributed by atoms with E-state index in [1.807, 2.05) is 23.6 Å². The van der Waals surface area contributed by atoms with Crippen LogP contribution in [-0.4, -0.2) is 35.6 Å². The van der Waals surface area contributed by atoms with Crippen LogP contribution in [0.3, 0.4) is 0 Å². The molecule has 0 aliphatic rings. The molecule has 1 N–H and O–H groups in total. The SMILES string of the molecule is COCC(C)(CC(=O)Cc1csc(-c2cccc(Cl)c2)n1)C(=O)O. The van der Waals surface area contributed by atoms with E-state index in [9.17, 15) is 14.7 Å². The fraction of sp³-hybridized carbons (Fsp3) is 0.353. The van der Waals surface area contributed by atoms with Crippen LogP contribution in [0.25, 0.3) is 10.6 Å². The van der Waals surface area contributed by atoms with E-state index in [0.29, 0.717) is 10.7 Å². The van der Waals surface area contributed by atoms with Crippen LogP contribution in [-0.2, 0) is 20.7 Å². The molecule has 1 atom stereocenters. The van der Waals surface area contributed by atoms with Crippen molar-refractivity contribution in [3.8, 4) is 10.6 Å². The first-order valence-corrected chi connectivity index (χ1v) is 8.54. The average Bonchev–Trinajstić information content (AvgIpc) is 2.95. The summed E-state index contributed by atoms with van der Waals surface area (Å²) in [5.41, 5.74) is 0.295. The number of aromatic nitrogens is 1. The number of methoxy groups -OCH3 is 1. The third kappa shape index (κ3) is 4.63. The van der Waals surface area contributed by atoms with Crippen molar-refractivity contribution in [2.45, 2.75) is 19.8 Å². The second-order valence-electron chi connectivity index (χ2n) is 5.85. The van der Waals surface area contributed by atoms with Gasteiger partial charge in [0.05, 0.1) is 17.7 Å². The van der Waals surface area contributed by atoms with Gasteiger partial charge < -0.3 is 9.84 Å². The second kappa shape index (κ2) is 7.88. The Hall–Kier alpha value is -1.76. The van der Waals surface area contributed by atoms with E-state index in [1.54, 1.807) is 6.07 Å². The smallest absolute Gasteiger partial charge is 0.312 e. The number of aliphatic carboxylic acids is 1. The van der Waals surface area contributed by atoms with Gasteiger partial charge in [-0.15, -0.1) is 11.3 Å². The minimum absolute atomic E-state index is 0.0150. The summed E-state index contributed by atoms with van der Waals surface area (Å²) in [5.74, 6) is -1.23. The maximum absolute atomic E-state index is 12.2. The molecule has 2 rings (SSSR count). The number of Topliss-reactive ketones (excluding diaryl/α,β-unsaturated/α-hetero) is 1. The fourth-order valence-corrected chi connectivity index (χ4v) is 3.36. The van der Waals surface area contributed by atoms with Gasteiger partial charge in [0.25, 0.3) is 0 Å². The molecule has 24 heavy (non-hydrogen) atoms. The number of benzene rings is 1. The number of carbonyl (C=O) groups is 2. The molecular formula is C17H18ClNO4S. The highest BCUT2D eigenvalue weighted by Crippen LogP contribution is 2.27. The van der Waals surface area contributed by atoms with Crippen LogP contribution < -0.4 is 0 Å². The number of rotatable bonds is 8. The van der Waals surface area contributed by atoms with E-state index >= 15 is 0 Å². The standard InChI is InChI=1S/C17H18ClNO4S/c1-17(10-23-2,16(21)22)8-14(20)7-13-9-24-15(19-13)11-4-3-5-12(18)6-11/h3-6,9H,7-8,10H2,1-2H3,(H,21,22). The number of halogens is 1. The van der Waals surface area contributed by atoms with Crippen LogP contribution in [0.4, 0.5) is 0 Å². The molecule has 1 aromatic heterocycles. The van der Waals surface area contributed by atoms with E-state index < -0.39 is 11.4 Å². The van der Waals surface area contributed by atoms with Crippen LogP contribution >= 0.6 is 22.9 Å². The highest BCUT2D eigenvalue weighted by molar-refractivity contribution is 7.13. The van der Waals surface area contributed by atoms with Crippen molar-refractivity contribution in [3.63, 3.8) is 0 Å². The van der Waals surface area contributed by atoms with Gasteiger partial charge in [-0.2, -0.15) is 0 Å². The first-order chi connectivity index (χ1) is 11.3. The van der Waals surface area contributed by atoms with Crippen LogP contribution in [0.2, 0.25) is 5.02 Å². The number of carboxylic acid groups (broad SMARTS) is 1. The summed E-state index contributed by atoms with van der Waals surface area (Å²) in [4.78, 5) is 28.0. The van der Waals surface area contributed by atoms with E-state index in [4.69, 9.17) is 16.3 Å². The highest BCUT2D eigenvalue weighted by atomic mass is 35.5. The minimum Gasteiger partial charge on any atom is -0.481 e. The molecule has 1 heterocycles. The molecule has 1 unspecified atom stereocenters. The highest BCUT2D eigenvalue weighted by Gasteiger charge is 2.35. The molecule has 0 bridgehead atoms. The van der Waals surface area contributed by atoms with Crippen molar-refractivity contribution in [1.82, 2.24) is 4.98 Å². The van der Waals surface area contributed by atoms with Crippen LogP contribution in [0, 0.1) is 5.41 Å². The summed E-state index contributed by atoms with van der Waals surface area (Å²) in [5, 5.41) is 12.5. The number of ether oxygens (including phenoxy) is 1. The lowest BCUT2D eigenvalue weighted by atomic mass is 9.85. The maximum atomic E-state index is 12.2. The molecule has 5 nitrogen and oxygen atoms in total. The lowest BCUT2D eigenvalue weighted by Gasteiger charge is -2.22. The largest absolute Gasteiger partial charge is 0.481 e. The lowest BCUT2D eigenvalue weighted by molar-refractivity contribution is -0.153. The molecule has 0 aliphatic carbocycles. The van der Waals surface area contributed by atoms with Crippen molar-refractivity contribution >= 4 is 34.7 Å². The zero-order chi connectivity index (χ0) is 17.7. The Kier molecular flexibility index (Phi) is 6.10. The molecule has 0 aliphatic heterocycles. The number of hydrogen-bond donors (Lipinski definition) is 1. The van der Waals surface area contributed by atoms with Crippen molar-refractivity contribution in [2.75, 3.05) is 13.7 Å². The quantitative estimate of drug-likeness (QED) is 0.769. The van der Waals surface area contributed by atoms with Crippen molar-refractivity contribution in [1.29, 1.82) is 0 Å². The molecule has 0 amide bonds. The summed E-state index contributed by atoms with van der Waals surface area (Å²) >= 11 is 7.40. The topological polar surface area (TPSA) is 76.5 Å². The first kappa shape index (κ1) is 18.6. The summed E-state index contributed by atoms with van der Waals surface area (Å²) < 4.78 is 4.93. The molecule has 0 radical (unpaired) electrons. The minimum atomic E-state index is -1.22. The Morgan fingerprint density at radius 2 is 2.17 bits per heavy atom. The zero-order valence-corrected chi connectivity index (χ0v) is 15.0. The summed E-state index contributed by atoms with van der Waals surface area (Å²) in [7, 11) is 1.42. The molecular weight excluding hydrogens is 350 g/mol. The fourth-order valence-electron chi connectivity index (χ4n) is 2.35. The van der Waals surface area contributed by atoms with Crippen LogP contribution in [0.5, 0.6) is 0 Å². The normalized spacial score (nSPS) is 13.5. The number of carboxylic acids is 1. The Labute approximate surface area is 149 Å². The van der Waals surface area contributed by atoms with E-state index in [0.717, 1.165) is 10.6 Å². The lowest BCUT2D eigenvalue weighted by Crippen LogP contribution is -2.35. The molecule has 2 aromatic rings. The van der Waals surface area contributed by atoms with Gasteiger partial charge in [-0.1, -0.05) is 23.7 Å². The molecule has 0 saturated carbocycles. The van der Waals surface area contributed by atoms with Gasteiger partial charge in [-0.25, -0.2) is 4.98 Å². The second-order valence-corrected chi connectivity index (χ2v) is 7.14. The van der Waals surface area contributed by atoms with Crippen LogP contribution in [0.15, 0.2) is 29.6 Å². The van der Waals surface area contributed by atoms with Crippen molar-refractivity contribution in [2.24, 2.45) is 5.41 Å². The summed E-state index contributed by atoms with van der Waals surface area (Å²) in [6.07, 6.45) is 0.00382. The van der Waals surface area contributed by atoms with Gasteiger partial charge in [0, 0.05) is 35.9 Å². The van der Waals surface area contributed by atoms with Gasteiger partial charge in [0.15, 0.2) is 0 Å². The number of hydrogen-bond acceptors (Lipinski definition) is 5. The van der Waals surface area contributed by atoms with Crippen molar-refractivity contribution in [3.05, 3.63) is 40.4 Å². The Morgan fingerprint density at radius 1 is 1.42 bits per heavy atom. The molecule has 0 saturated heterocycles. The number of thiazole rings is 1. The van der Waals surface area contributed by atoms with Gasteiger partial charge in [0.1, 0.15) is 10.8 Å². The summed E-state index contributed by atoms with van der Waals surface area (Å²) in [6.45, 7) is 1.49. The Balaban J connectivity index is 2.06. The Bertz CT molecular complexity index is 746. The Morgan fingerprint density at radius 3 is 2.79 bits per heavy atom. The third-order valence-corrected chi connectivity index (χ3v) is 4.74. The zero-order valence-electron chi connectivity index (χ0n) is 13.4. The van der Waals surface area contributed by atoms with Gasteiger partial charge in [-0.3, -0.25) is 9.59 Å². The van der Waals surface area contributed by atoms with E-state index in [2.05, 4.69) is 4.98 Å². The van der Waals surface area contributed by atoms with Crippen LogP contribution in [0.1, 0.15) is 19.0 Å². The third-order valence-electron chi connectivity index (χ3n) is 3.57. The average molecular weight is 368 g/mol. The van der Waals surface area contributed by atoms with Gasteiger partial charge in [-0.05, 0) is 19.1 Å². The predicted octanol–water partition coefficient (Wildman–Crippen LogP) is 3.70. The number of ketones is 1. The van der Waals surface area contributed by atoms with Gasteiger partial charge in [0.2, 0.25) is 0 Å². The molecule has 1 aromatic carbocycles. The molecule has 128 valence electrons. The van der Waals surface area contributed by atoms with Crippen molar-refractivity contribution < 1.29 is 19.4 Å². The predicted molar refractivity (Wildman–Crippen MR) is 93.5 cm³/mol. The van der Waals surface area contributed by atoms with E-state index in [1.165, 1.54) is 25.4 Å². The van der Waals surface area contributed by atoms with Gasteiger partial charge >= 0.3 is 5.97 Å². The monoisotopic (exact) mass is 367 g/mol. The maximum Gasteiger partial charge on any atom is 0.312 e. The molecule has 7 heteroatoms. The number of carbonyl (C=O) groups excluding carboxylic acids is 1. The molecule has 0 spiro atoms.